The van der Waals surface area contributed by atoms with Gasteiger partial charge in [0.05, 0.1) is 0 Å². The molecule has 160 valence electrons. The maximum Gasteiger partial charge on any atom is 0.373 e. The van der Waals surface area contributed by atoms with Gasteiger partial charge in [-0.05, 0) is 52.3 Å². The van der Waals surface area contributed by atoms with Crippen molar-refractivity contribution < 1.29 is 14.4 Å². The van der Waals surface area contributed by atoms with E-state index in [0.717, 1.165) is 11.3 Å². The average molecular weight is 436 g/mol. The minimum atomic E-state index is -0.0119. The van der Waals surface area contributed by atoms with Crippen molar-refractivity contribution in [2.45, 2.75) is 39.0 Å². The number of anilines is 1. The van der Waals surface area contributed by atoms with Crippen LogP contribution in [0.4, 0.5) is 5.69 Å². The molecular weight excluding hydrogens is 410 g/mol. The number of benzene rings is 3. The highest BCUT2D eigenvalue weighted by Gasteiger charge is 2.13. The van der Waals surface area contributed by atoms with Crippen LogP contribution in [-0.2, 0) is 26.2 Å². The molecule has 0 unspecified atom stereocenters. The maximum atomic E-state index is 12.2. The third kappa shape index (κ3) is 7.86. The molecule has 0 atom stereocenters. The van der Waals surface area contributed by atoms with E-state index in [2.05, 4.69) is 74.6 Å². The molecule has 0 heterocycles. The third-order valence-corrected chi connectivity index (χ3v) is 5.00. The monoisotopic (exact) mass is 435 g/mol. The molecule has 1 amide bonds. The summed E-state index contributed by atoms with van der Waals surface area (Å²) in [5.74, 6) is -0.0119. The maximum absolute atomic E-state index is 12.2. The van der Waals surface area contributed by atoms with Crippen molar-refractivity contribution in [2.75, 3.05) is 5.32 Å². The molecule has 1 N–H and O–H groups in total. The molecule has 0 fully saturated rings. The van der Waals surface area contributed by atoms with E-state index in [9.17, 15) is 4.79 Å². The lowest BCUT2D eigenvalue weighted by molar-refractivity contribution is -0.191. The Morgan fingerprint density at radius 2 is 1.55 bits per heavy atom. The van der Waals surface area contributed by atoms with Crippen LogP contribution in [0.2, 0.25) is 5.02 Å². The van der Waals surface area contributed by atoms with Crippen molar-refractivity contribution >= 4 is 29.3 Å². The smallest absolute Gasteiger partial charge is 0.326 e. The fourth-order valence-corrected chi connectivity index (χ4v) is 3.31. The number of nitrogens with one attached hydrogen (secondary N) is 1. The normalized spacial score (nSPS) is 10.5. The van der Waals surface area contributed by atoms with Gasteiger partial charge >= 0.3 is 6.15 Å². The molecule has 0 saturated carbocycles. The van der Waals surface area contributed by atoms with Crippen molar-refractivity contribution in [1.82, 2.24) is 0 Å². The van der Waals surface area contributed by atoms with Crippen LogP contribution in [0.25, 0.3) is 11.1 Å². The molecule has 0 spiro atoms. The zero-order chi connectivity index (χ0) is 22.9. The second kappa shape index (κ2) is 11.3. The van der Waals surface area contributed by atoms with Crippen molar-refractivity contribution in [3.05, 3.63) is 88.9 Å². The fourth-order valence-electron chi connectivity index (χ4n) is 3.12. The molecular formula is C26H26ClNO3. The van der Waals surface area contributed by atoms with E-state index < -0.39 is 0 Å². The zero-order valence-corrected chi connectivity index (χ0v) is 18.7. The first-order chi connectivity index (χ1) is 14.7. The van der Waals surface area contributed by atoms with Gasteiger partial charge < -0.3 is 5.32 Å². The van der Waals surface area contributed by atoms with Crippen molar-refractivity contribution in [2.24, 2.45) is 0 Å². The van der Waals surface area contributed by atoms with Gasteiger partial charge in [-0.25, -0.2) is 0 Å². The summed E-state index contributed by atoms with van der Waals surface area (Å²) in [4.78, 5) is 28.5. The van der Waals surface area contributed by atoms with Gasteiger partial charge in [0.1, 0.15) is 0 Å². The van der Waals surface area contributed by atoms with E-state index in [1.807, 2.05) is 12.1 Å². The summed E-state index contributed by atoms with van der Waals surface area (Å²) in [6.45, 7) is 6.66. The number of carbonyl (C=O) groups excluding carboxylic acids is 3. The first-order valence-electron chi connectivity index (χ1n) is 9.97. The topological polar surface area (TPSA) is 63.2 Å². The number of rotatable bonds is 5. The highest BCUT2D eigenvalue weighted by molar-refractivity contribution is 6.30. The van der Waals surface area contributed by atoms with Gasteiger partial charge in [-0.1, -0.05) is 87.0 Å². The number of carbonyl (C=O) groups is 1. The molecule has 3 aromatic rings. The minimum absolute atomic E-state index is 0.0119. The second-order valence-electron chi connectivity index (χ2n) is 8.17. The lowest BCUT2D eigenvalue weighted by Crippen LogP contribution is -2.12. The number of amides is 1. The van der Waals surface area contributed by atoms with Gasteiger partial charge in [0.15, 0.2) is 0 Å². The summed E-state index contributed by atoms with van der Waals surface area (Å²) < 4.78 is 0. The van der Waals surface area contributed by atoms with Crippen molar-refractivity contribution in [3.8, 4) is 11.1 Å². The SMILES string of the molecule is CC(C)(C)c1ccc(-c2cccc(CCC(=O)Nc3cccc(Cl)c3)c2)cc1.O=C=O. The molecule has 3 rings (SSSR count). The predicted octanol–water partition coefficient (Wildman–Crippen LogP) is 6.29. The Morgan fingerprint density at radius 3 is 2.16 bits per heavy atom. The van der Waals surface area contributed by atoms with Gasteiger partial charge in [0.25, 0.3) is 0 Å². The van der Waals surface area contributed by atoms with E-state index in [1.54, 1.807) is 12.1 Å². The van der Waals surface area contributed by atoms with Crippen LogP contribution < -0.4 is 5.32 Å². The molecule has 31 heavy (non-hydrogen) atoms. The molecule has 0 bridgehead atoms. The molecule has 0 saturated heterocycles. The van der Waals surface area contributed by atoms with E-state index in [-0.39, 0.29) is 17.5 Å². The minimum Gasteiger partial charge on any atom is -0.326 e. The summed E-state index contributed by atoms with van der Waals surface area (Å²) >= 11 is 5.96. The highest BCUT2D eigenvalue weighted by atomic mass is 35.5. The summed E-state index contributed by atoms with van der Waals surface area (Å²) in [7, 11) is 0. The first kappa shape index (κ1) is 24.1. The van der Waals surface area contributed by atoms with Crippen LogP contribution >= 0.6 is 11.6 Å². The molecule has 3 aromatic carbocycles. The van der Waals surface area contributed by atoms with Gasteiger partial charge in [-0.15, -0.1) is 0 Å². The van der Waals surface area contributed by atoms with E-state index in [1.165, 1.54) is 16.7 Å². The van der Waals surface area contributed by atoms with Crippen LogP contribution in [0.15, 0.2) is 72.8 Å². The van der Waals surface area contributed by atoms with Crippen LogP contribution in [0.3, 0.4) is 0 Å². The van der Waals surface area contributed by atoms with Crippen LogP contribution in [0, 0.1) is 0 Å². The Bertz CT molecular complexity index is 1050. The summed E-state index contributed by atoms with van der Waals surface area (Å²) in [5, 5.41) is 3.51. The Hall–Kier alpha value is -3.20. The molecule has 0 aromatic heterocycles. The fraction of sp³-hybridized carbons (Fsp3) is 0.231. The van der Waals surface area contributed by atoms with Crippen LogP contribution in [0.1, 0.15) is 38.3 Å². The van der Waals surface area contributed by atoms with E-state index in [0.29, 0.717) is 17.9 Å². The highest BCUT2D eigenvalue weighted by Crippen LogP contribution is 2.27. The Balaban J connectivity index is 0.00000107. The standard InChI is InChI=1S/C25H26ClNO.CO2/c1-25(2,3)21-13-11-19(12-14-21)20-7-4-6-18(16-20)10-15-24(28)27-23-9-5-8-22(26)17-23;2-1-3/h4-9,11-14,16-17H,10,15H2,1-3H3,(H,27,28);. The van der Waals surface area contributed by atoms with E-state index >= 15 is 0 Å². The molecule has 5 heteroatoms. The molecule has 0 aliphatic rings. The van der Waals surface area contributed by atoms with Gasteiger partial charge in [-0.3, -0.25) is 4.79 Å². The number of aryl methyl sites for hydroxylation is 1. The first-order valence-corrected chi connectivity index (χ1v) is 10.4. The second-order valence-corrected chi connectivity index (χ2v) is 8.61. The Kier molecular flexibility index (Phi) is 8.75. The number of hydrogen-bond donors (Lipinski definition) is 1. The lowest BCUT2D eigenvalue weighted by Gasteiger charge is -2.19. The predicted molar refractivity (Wildman–Crippen MR) is 124 cm³/mol. The zero-order valence-electron chi connectivity index (χ0n) is 17.9. The molecule has 0 aliphatic heterocycles. The largest absolute Gasteiger partial charge is 0.373 e. The summed E-state index contributed by atoms with van der Waals surface area (Å²) in [5.41, 5.74) is 5.72. The van der Waals surface area contributed by atoms with Crippen LogP contribution in [-0.4, -0.2) is 12.1 Å². The summed E-state index contributed by atoms with van der Waals surface area (Å²) in [6, 6.07) is 24.3. The van der Waals surface area contributed by atoms with Gasteiger partial charge in [-0.2, -0.15) is 9.59 Å². The van der Waals surface area contributed by atoms with E-state index in [4.69, 9.17) is 21.2 Å². The molecule has 0 radical (unpaired) electrons. The van der Waals surface area contributed by atoms with Crippen molar-refractivity contribution in [3.63, 3.8) is 0 Å². The third-order valence-electron chi connectivity index (χ3n) is 4.76. The molecule has 0 aliphatic carbocycles. The van der Waals surface area contributed by atoms with Gasteiger partial charge in [0, 0.05) is 17.1 Å². The average Bonchev–Trinajstić information content (AvgIpc) is 2.73. The quantitative estimate of drug-likeness (QED) is 0.512. The van der Waals surface area contributed by atoms with Gasteiger partial charge in [0.2, 0.25) is 5.91 Å². The number of halogens is 1. The Morgan fingerprint density at radius 1 is 0.903 bits per heavy atom. The Labute approximate surface area is 188 Å². The number of hydrogen-bond acceptors (Lipinski definition) is 3. The summed E-state index contributed by atoms with van der Waals surface area (Å²) in [6.07, 6.45) is 1.37. The molecule has 4 nitrogen and oxygen atoms in total. The lowest BCUT2D eigenvalue weighted by atomic mass is 9.86. The van der Waals surface area contributed by atoms with Crippen molar-refractivity contribution in [1.29, 1.82) is 0 Å². The van der Waals surface area contributed by atoms with Crippen LogP contribution in [0.5, 0.6) is 0 Å².